The molecule has 1 aliphatic carbocycles. The van der Waals surface area contributed by atoms with Crippen LogP contribution in [-0.2, 0) is 6.42 Å². The van der Waals surface area contributed by atoms with Crippen molar-refractivity contribution in [1.82, 2.24) is 9.55 Å². The lowest BCUT2D eigenvalue weighted by Crippen LogP contribution is -2.13. The molecule has 0 saturated carbocycles. The van der Waals surface area contributed by atoms with Crippen LogP contribution in [0, 0.1) is 6.92 Å². The van der Waals surface area contributed by atoms with Gasteiger partial charge >= 0.3 is 0 Å². The zero-order valence-electron chi connectivity index (χ0n) is 10.1. The van der Waals surface area contributed by atoms with E-state index in [4.69, 9.17) is 0 Å². The highest BCUT2D eigenvalue weighted by molar-refractivity contribution is 9.10. The molecule has 0 fully saturated rings. The van der Waals surface area contributed by atoms with E-state index in [9.17, 15) is 4.79 Å². The Morgan fingerprint density at radius 1 is 1.39 bits per heavy atom. The number of fused-ring (bicyclic) bond motifs is 1. The maximum atomic E-state index is 11.9. The van der Waals surface area contributed by atoms with E-state index in [1.165, 1.54) is 0 Å². The first-order valence-corrected chi connectivity index (χ1v) is 6.83. The summed E-state index contributed by atoms with van der Waals surface area (Å²) in [6.07, 6.45) is 4.31. The highest BCUT2D eigenvalue weighted by Crippen LogP contribution is 2.29. The number of nitrogens with zero attached hydrogens (tertiary/aromatic N) is 2. The Morgan fingerprint density at radius 2 is 2.22 bits per heavy atom. The maximum Gasteiger partial charge on any atom is 0.164 e. The van der Waals surface area contributed by atoms with Crippen LogP contribution >= 0.6 is 15.9 Å². The molecule has 0 saturated heterocycles. The van der Waals surface area contributed by atoms with Crippen molar-refractivity contribution in [2.75, 3.05) is 0 Å². The summed E-state index contributed by atoms with van der Waals surface area (Å²) in [5, 5.41) is 0. The van der Waals surface area contributed by atoms with Crippen molar-refractivity contribution in [2.24, 2.45) is 0 Å². The average molecular weight is 305 g/mol. The fraction of sp³-hybridized carbons (Fsp3) is 0.286. The number of rotatable bonds is 1. The van der Waals surface area contributed by atoms with E-state index in [1.807, 2.05) is 25.1 Å². The van der Waals surface area contributed by atoms with Gasteiger partial charge in [0.15, 0.2) is 11.6 Å². The molecule has 18 heavy (non-hydrogen) atoms. The number of aryl methyl sites for hydroxylation is 1. The SMILES string of the molecule is Cc1cc2c(n1-c1ncccc1Br)CCCC2=O. The number of ketones is 1. The molecule has 0 aromatic carbocycles. The van der Waals surface area contributed by atoms with E-state index in [1.54, 1.807) is 6.20 Å². The standard InChI is InChI=1S/C14H13BrN2O/c1-9-8-10-12(5-2-6-13(10)18)17(9)14-11(15)4-3-7-16-14/h3-4,7-8H,2,5-6H2,1H3. The van der Waals surface area contributed by atoms with Crippen LogP contribution in [0.4, 0.5) is 0 Å². The number of hydrogen-bond acceptors (Lipinski definition) is 2. The number of hydrogen-bond donors (Lipinski definition) is 0. The van der Waals surface area contributed by atoms with Gasteiger partial charge in [-0.25, -0.2) is 4.98 Å². The van der Waals surface area contributed by atoms with Crippen LogP contribution in [0.1, 0.15) is 34.6 Å². The largest absolute Gasteiger partial charge is 0.301 e. The summed E-state index contributed by atoms with van der Waals surface area (Å²) in [6, 6.07) is 5.85. The number of Topliss-reactive ketones (excluding diaryl/α,β-unsaturated/α-hetero) is 1. The lowest BCUT2D eigenvalue weighted by Gasteiger charge is -2.16. The van der Waals surface area contributed by atoms with Crippen molar-refractivity contribution in [3.05, 3.63) is 45.8 Å². The monoisotopic (exact) mass is 304 g/mol. The van der Waals surface area contributed by atoms with E-state index >= 15 is 0 Å². The molecule has 2 aromatic rings. The lowest BCUT2D eigenvalue weighted by atomic mass is 9.97. The van der Waals surface area contributed by atoms with E-state index in [-0.39, 0.29) is 5.78 Å². The van der Waals surface area contributed by atoms with E-state index in [0.717, 1.165) is 40.1 Å². The van der Waals surface area contributed by atoms with E-state index in [2.05, 4.69) is 25.5 Å². The van der Waals surface area contributed by atoms with Crippen molar-refractivity contribution in [2.45, 2.75) is 26.2 Å². The molecular weight excluding hydrogens is 292 g/mol. The van der Waals surface area contributed by atoms with Gasteiger partial charge in [0.05, 0.1) is 4.47 Å². The third kappa shape index (κ3) is 1.72. The molecule has 0 N–H and O–H groups in total. The van der Waals surface area contributed by atoms with Gasteiger partial charge in [-0.2, -0.15) is 0 Å². The minimum atomic E-state index is 0.255. The van der Waals surface area contributed by atoms with Crippen molar-refractivity contribution >= 4 is 21.7 Å². The molecule has 0 aliphatic heterocycles. The quantitative estimate of drug-likeness (QED) is 0.808. The first-order chi connectivity index (χ1) is 8.68. The Morgan fingerprint density at radius 3 is 3.00 bits per heavy atom. The van der Waals surface area contributed by atoms with Crippen LogP contribution in [0.5, 0.6) is 0 Å². The fourth-order valence-electron chi connectivity index (χ4n) is 2.57. The number of carbonyl (C=O) groups excluding carboxylic acids is 1. The number of carbonyl (C=O) groups is 1. The van der Waals surface area contributed by atoms with Gasteiger partial charge in [-0.15, -0.1) is 0 Å². The molecule has 0 radical (unpaired) electrons. The predicted octanol–water partition coefficient (Wildman–Crippen LogP) is 3.46. The second-order valence-corrected chi connectivity index (χ2v) is 5.42. The summed E-state index contributed by atoms with van der Waals surface area (Å²) in [7, 11) is 0. The third-order valence-electron chi connectivity index (χ3n) is 3.36. The van der Waals surface area contributed by atoms with Gasteiger partial charge in [0.1, 0.15) is 0 Å². The van der Waals surface area contributed by atoms with Gasteiger partial charge in [-0.3, -0.25) is 4.79 Å². The van der Waals surface area contributed by atoms with Crippen molar-refractivity contribution in [3.63, 3.8) is 0 Å². The topological polar surface area (TPSA) is 34.9 Å². The van der Waals surface area contributed by atoms with Gasteiger partial charge in [0.25, 0.3) is 0 Å². The molecule has 0 amide bonds. The minimum Gasteiger partial charge on any atom is -0.301 e. The van der Waals surface area contributed by atoms with Crippen LogP contribution in [0.15, 0.2) is 28.9 Å². The Kier molecular flexibility index (Phi) is 2.82. The summed E-state index contributed by atoms with van der Waals surface area (Å²) >= 11 is 3.53. The fourth-order valence-corrected chi connectivity index (χ4v) is 3.00. The predicted molar refractivity (Wildman–Crippen MR) is 73.3 cm³/mol. The van der Waals surface area contributed by atoms with E-state index in [0.29, 0.717) is 6.42 Å². The van der Waals surface area contributed by atoms with Crippen LogP contribution in [-0.4, -0.2) is 15.3 Å². The smallest absolute Gasteiger partial charge is 0.164 e. The molecule has 0 bridgehead atoms. The summed E-state index contributed by atoms with van der Waals surface area (Å²) in [4.78, 5) is 16.3. The van der Waals surface area contributed by atoms with E-state index < -0.39 is 0 Å². The molecule has 0 spiro atoms. The molecule has 3 nitrogen and oxygen atoms in total. The minimum absolute atomic E-state index is 0.255. The molecule has 2 heterocycles. The maximum absolute atomic E-state index is 11.9. The van der Waals surface area contributed by atoms with Gasteiger partial charge in [-0.1, -0.05) is 0 Å². The number of aromatic nitrogens is 2. The second kappa shape index (κ2) is 4.35. The molecule has 92 valence electrons. The first-order valence-electron chi connectivity index (χ1n) is 6.04. The van der Waals surface area contributed by atoms with Gasteiger partial charge in [0, 0.05) is 29.6 Å². The van der Waals surface area contributed by atoms with Crippen molar-refractivity contribution in [1.29, 1.82) is 0 Å². The Bertz CT molecular complexity index is 631. The molecule has 0 unspecified atom stereocenters. The zero-order valence-corrected chi connectivity index (χ0v) is 11.7. The average Bonchev–Trinajstić information content (AvgIpc) is 2.68. The van der Waals surface area contributed by atoms with Crippen LogP contribution in [0.25, 0.3) is 5.82 Å². The molecular formula is C14H13BrN2O. The van der Waals surface area contributed by atoms with Crippen LogP contribution in [0.3, 0.4) is 0 Å². The van der Waals surface area contributed by atoms with Gasteiger partial charge in [0.2, 0.25) is 0 Å². The summed E-state index contributed by atoms with van der Waals surface area (Å²) in [6.45, 7) is 2.02. The van der Waals surface area contributed by atoms with Gasteiger partial charge < -0.3 is 4.57 Å². The Hall–Kier alpha value is -1.42. The molecule has 4 heteroatoms. The lowest BCUT2D eigenvalue weighted by molar-refractivity contribution is 0.0972. The van der Waals surface area contributed by atoms with Crippen LogP contribution in [0.2, 0.25) is 0 Å². The number of pyridine rings is 1. The Labute approximate surface area is 114 Å². The summed E-state index contributed by atoms with van der Waals surface area (Å²) < 4.78 is 3.04. The zero-order chi connectivity index (χ0) is 12.7. The molecule has 1 aliphatic rings. The molecule has 0 atom stereocenters. The van der Waals surface area contributed by atoms with Crippen LogP contribution < -0.4 is 0 Å². The highest BCUT2D eigenvalue weighted by Gasteiger charge is 2.24. The Balaban J connectivity index is 2.25. The molecule has 3 rings (SSSR count). The number of halogens is 1. The second-order valence-electron chi connectivity index (χ2n) is 4.57. The molecule has 2 aromatic heterocycles. The summed E-state index contributed by atoms with van der Waals surface area (Å²) in [5.74, 6) is 1.12. The van der Waals surface area contributed by atoms with Crippen molar-refractivity contribution < 1.29 is 4.79 Å². The van der Waals surface area contributed by atoms with Crippen molar-refractivity contribution in [3.8, 4) is 5.82 Å². The summed E-state index contributed by atoms with van der Waals surface area (Å²) in [5.41, 5.74) is 3.04. The van der Waals surface area contributed by atoms with Gasteiger partial charge in [-0.05, 0) is 53.9 Å². The third-order valence-corrected chi connectivity index (χ3v) is 3.97. The first kappa shape index (κ1) is 11.7. The highest BCUT2D eigenvalue weighted by atomic mass is 79.9. The normalized spacial score (nSPS) is 14.7.